The van der Waals surface area contributed by atoms with Crippen molar-refractivity contribution in [2.45, 2.75) is 0 Å². The van der Waals surface area contributed by atoms with Crippen molar-refractivity contribution in [1.29, 1.82) is 0 Å². The highest BCUT2D eigenvalue weighted by Gasteiger charge is 2.22. The van der Waals surface area contributed by atoms with Gasteiger partial charge in [-0.05, 0) is 36.4 Å². The van der Waals surface area contributed by atoms with Gasteiger partial charge in [0, 0.05) is 37.6 Å². The maximum atomic E-state index is 12.1. The minimum atomic E-state index is -0.511. The average molecular weight is 493 g/mol. The molecule has 1 fully saturated rings. The van der Waals surface area contributed by atoms with Crippen molar-refractivity contribution in [3.05, 3.63) is 101 Å². The lowest BCUT2D eigenvalue weighted by atomic mass is 10.2. The third-order valence-corrected chi connectivity index (χ3v) is 6.13. The first-order chi connectivity index (χ1) is 18.2. The van der Waals surface area contributed by atoms with Crippen LogP contribution in [0.25, 0.3) is 11.0 Å². The first-order valence-corrected chi connectivity index (χ1v) is 12.1. The normalized spacial score (nSPS) is 13.5. The second-order valence-corrected chi connectivity index (χ2v) is 8.57. The Morgan fingerprint density at radius 1 is 0.757 bits per heavy atom. The van der Waals surface area contributed by atoms with Crippen LogP contribution in [-0.4, -0.2) is 41.1 Å². The Hall–Kier alpha value is -4.92. The number of nitrogens with one attached hydrogen (secondary N) is 1. The minimum Gasteiger partial charge on any atom is -0.423 e. The van der Waals surface area contributed by atoms with Crippen LogP contribution in [0.15, 0.2) is 100 Å². The molecule has 1 aliphatic rings. The molecule has 0 amide bonds. The summed E-state index contributed by atoms with van der Waals surface area (Å²) in [4.78, 5) is 30.4. The Morgan fingerprint density at radius 2 is 1.43 bits per heavy atom. The summed E-state index contributed by atoms with van der Waals surface area (Å²) in [7, 11) is 0. The maximum Gasteiger partial charge on any atom is 0.339 e. The molecule has 0 aliphatic carbocycles. The minimum absolute atomic E-state index is 0.0877. The molecular weight excluding hydrogens is 468 g/mol. The van der Waals surface area contributed by atoms with Crippen LogP contribution < -0.4 is 25.5 Å². The first kappa shape index (κ1) is 22.5. The molecule has 9 nitrogen and oxygen atoms in total. The Balaban J connectivity index is 1.31. The summed E-state index contributed by atoms with van der Waals surface area (Å²) in [5.74, 6) is 1.18. The molecule has 5 aromatic rings. The quantitative estimate of drug-likeness (QED) is 0.334. The number of fused-ring (bicyclic) bond motifs is 1. The molecule has 0 atom stereocenters. The molecule has 2 aromatic heterocycles. The summed E-state index contributed by atoms with van der Waals surface area (Å²) in [5, 5.41) is 3.88. The molecule has 1 aliphatic heterocycles. The highest BCUT2D eigenvalue weighted by Crippen LogP contribution is 2.29. The van der Waals surface area contributed by atoms with E-state index in [9.17, 15) is 4.79 Å². The smallest absolute Gasteiger partial charge is 0.339 e. The molecule has 37 heavy (non-hydrogen) atoms. The number of para-hydroxylation sites is 3. The van der Waals surface area contributed by atoms with Gasteiger partial charge >= 0.3 is 11.6 Å². The van der Waals surface area contributed by atoms with Crippen LogP contribution in [0.3, 0.4) is 0 Å². The van der Waals surface area contributed by atoms with Gasteiger partial charge in [-0.3, -0.25) is 0 Å². The fourth-order valence-electron chi connectivity index (χ4n) is 4.31. The van der Waals surface area contributed by atoms with E-state index < -0.39 is 5.63 Å². The van der Waals surface area contributed by atoms with Gasteiger partial charge in [0.15, 0.2) is 0 Å². The van der Waals surface area contributed by atoms with Crippen LogP contribution in [-0.2, 0) is 0 Å². The number of anilines is 4. The van der Waals surface area contributed by atoms with Gasteiger partial charge in [0.25, 0.3) is 0 Å². The molecule has 0 radical (unpaired) electrons. The number of hydrogen-bond acceptors (Lipinski definition) is 9. The van der Waals surface area contributed by atoms with Crippen LogP contribution >= 0.6 is 0 Å². The molecule has 9 heteroatoms. The van der Waals surface area contributed by atoms with E-state index in [1.165, 1.54) is 11.8 Å². The third-order valence-electron chi connectivity index (χ3n) is 6.13. The van der Waals surface area contributed by atoms with Crippen molar-refractivity contribution >= 4 is 34.2 Å². The Morgan fingerprint density at radius 3 is 2.22 bits per heavy atom. The zero-order valence-corrected chi connectivity index (χ0v) is 19.9. The van der Waals surface area contributed by atoms with Crippen molar-refractivity contribution in [2.75, 3.05) is 41.3 Å². The summed E-state index contributed by atoms with van der Waals surface area (Å²) in [5.41, 5.74) is 1.95. The second kappa shape index (κ2) is 9.98. The SMILES string of the molecule is O=c1cc(Oc2nc(Nc3ccccc3)nc(N3CCN(c4ccccc4)CC3)n2)c2ccccc2o1. The Bertz CT molecular complexity index is 1570. The van der Waals surface area contributed by atoms with Crippen molar-refractivity contribution in [2.24, 2.45) is 0 Å². The molecule has 0 unspecified atom stereocenters. The molecule has 3 heterocycles. The summed E-state index contributed by atoms with van der Waals surface area (Å²) in [6, 6.07) is 28.6. The van der Waals surface area contributed by atoms with Gasteiger partial charge in [-0.1, -0.05) is 48.5 Å². The predicted molar refractivity (Wildman–Crippen MR) is 143 cm³/mol. The third kappa shape index (κ3) is 5.06. The van der Waals surface area contributed by atoms with E-state index in [4.69, 9.17) is 9.15 Å². The van der Waals surface area contributed by atoms with Crippen molar-refractivity contribution in [3.63, 3.8) is 0 Å². The van der Waals surface area contributed by atoms with Gasteiger partial charge in [0.05, 0.1) is 11.5 Å². The largest absolute Gasteiger partial charge is 0.423 e. The Labute approximate surface area is 213 Å². The highest BCUT2D eigenvalue weighted by molar-refractivity contribution is 5.83. The number of piperazine rings is 1. The standard InChI is InChI=1S/C28H24N6O3/c35-25-19-24(22-13-7-8-14-23(22)36-25)37-28-31-26(29-20-9-3-1-4-10-20)30-27(32-28)34-17-15-33(16-18-34)21-11-5-2-6-12-21/h1-14,19H,15-18H2,(H,29,30,31,32). The predicted octanol–water partition coefficient (Wildman–Crippen LogP) is 4.84. The second-order valence-electron chi connectivity index (χ2n) is 8.57. The van der Waals surface area contributed by atoms with E-state index >= 15 is 0 Å². The van der Waals surface area contributed by atoms with Gasteiger partial charge in [-0.25, -0.2) is 4.79 Å². The van der Waals surface area contributed by atoms with Gasteiger partial charge in [-0.15, -0.1) is 0 Å². The lowest BCUT2D eigenvalue weighted by Crippen LogP contribution is -2.47. The molecule has 0 spiro atoms. The molecular formula is C28H24N6O3. The lowest BCUT2D eigenvalue weighted by molar-refractivity contribution is 0.436. The van der Waals surface area contributed by atoms with Gasteiger partial charge in [0.2, 0.25) is 11.9 Å². The number of nitrogens with zero attached hydrogens (tertiary/aromatic N) is 5. The monoisotopic (exact) mass is 492 g/mol. The average Bonchev–Trinajstić information content (AvgIpc) is 2.94. The van der Waals surface area contributed by atoms with Crippen LogP contribution in [0.1, 0.15) is 0 Å². The van der Waals surface area contributed by atoms with Crippen LogP contribution in [0, 0.1) is 0 Å². The molecule has 0 saturated carbocycles. The summed E-state index contributed by atoms with van der Waals surface area (Å²) in [6.45, 7) is 3.14. The van der Waals surface area contributed by atoms with Crippen molar-refractivity contribution in [3.8, 4) is 11.8 Å². The molecule has 6 rings (SSSR count). The van der Waals surface area contributed by atoms with Gasteiger partial charge in [-0.2, -0.15) is 15.0 Å². The highest BCUT2D eigenvalue weighted by atomic mass is 16.5. The van der Waals surface area contributed by atoms with Crippen molar-refractivity contribution in [1.82, 2.24) is 15.0 Å². The molecule has 1 N–H and O–H groups in total. The zero-order valence-electron chi connectivity index (χ0n) is 19.9. The fraction of sp³-hybridized carbons (Fsp3) is 0.143. The molecule has 3 aromatic carbocycles. The van der Waals surface area contributed by atoms with Crippen LogP contribution in [0.2, 0.25) is 0 Å². The van der Waals surface area contributed by atoms with E-state index in [1.54, 1.807) is 12.1 Å². The van der Waals surface area contributed by atoms with Gasteiger partial charge < -0.3 is 24.3 Å². The maximum absolute atomic E-state index is 12.1. The Kier molecular flexibility index (Phi) is 6.08. The first-order valence-electron chi connectivity index (χ1n) is 12.1. The van der Waals surface area contributed by atoms with E-state index in [1.807, 2.05) is 60.7 Å². The number of benzene rings is 3. The lowest BCUT2D eigenvalue weighted by Gasteiger charge is -2.36. The van der Waals surface area contributed by atoms with E-state index in [-0.39, 0.29) is 6.01 Å². The van der Waals surface area contributed by atoms with E-state index in [2.05, 4.69) is 42.2 Å². The molecule has 184 valence electrons. The van der Waals surface area contributed by atoms with Crippen molar-refractivity contribution < 1.29 is 9.15 Å². The van der Waals surface area contributed by atoms with E-state index in [0.717, 1.165) is 31.9 Å². The number of ether oxygens (including phenoxy) is 1. The number of rotatable bonds is 6. The zero-order chi connectivity index (χ0) is 25.0. The van der Waals surface area contributed by atoms with E-state index in [0.29, 0.717) is 28.6 Å². The molecule has 0 bridgehead atoms. The topological polar surface area (TPSA) is 96.6 Å². The van der Waals surface area contributed by atoms with Gasteiger partial charge in [0.1, 0.15) is 11.3 Å². The number of hydrogen-bond donors (Lipinski definition) is 1. The molecule has 1 saturated heterocycles. The summed E-state index contributed by atoms with van der Waals surface area (Å²) in [6.07, 6.45) is 0. The summed E-state index contributed by atoms with van der Waals surface area (Å²) >= 11 is 0. The number of aromatic nitrogens is 3. The van der Waals surface area contributed by atoms with Crippen LogP contribution in [0.4, 0.5) is 23.3 Å². The summed E-state index contributed by atoms with van der Waals surface area (Å²) < 4.78 is 11.4. The van der Waals surface area contributed by atoms with Crippen LogP contribution in [0.5, 0.6) is 11.8 Å². The fourth-order valence-corrected chi connectivity index (χ4v) is 4.31.